The summed E-state index contributed by atoms with van der Waals surface area (Å²) in [5.74, 6) is -0.174. The number of carbonyl (C=O) groups excluding carboxylic acids is 1. The van der Waals surface area contributed by atoms with Gasteiger partial charge < -0.3 is 28.1 Å². The molecule has 0 aliphatic rings. The van der Waals surface area contributed by atoms with E-state index in [4.69, 9.17) is 28.1 Å². The third kappa shape index (κ3) is 15.4. The summed E-state index contributed by atoms with van der Waals surface area (Å²) in [5, 5.41) is 0.225. The van der Waals surface area contributed by atoms with E-state index >= 15 is 0 Å². The van der Waals surface area contributed by atoms with Crippen LogP contribution in [-0.2, 0) is 32.9 Å². The predicted molar refractivity (Wildman–Crippen MR) is 112 cm³/mol. The van der Waals surface area contributed by atoms with E-state index in [-0.39, 0.29) is 11.0 Å². The number of rotatable bonds is 18. The first-order valence-electron chi connectivity index (χ1n) is 10.3. The molecule has 0 atom stereocenters. The highest BCUT2D eigenvalue weighted by Gasteiger charge is 2.36. The van der Waals surface area contributed by atoms with Gasteiger partial charge in [-0.2, -0.15) is 0 Å². The molecule has 28 heavy (non-hydrogen) atoms. The Hall–Kier alpha value is -0.513. The van der Waals surface area contributed by atoms with Crippen LogP contribution in [0.15, 0.2) is 0 Å². The fourth-order valence-electron chi connectivity index (χ4n) is 1.82. The van der Waals surface area contributed by atoms with Crippen LogP contribution in [0.25, 0.3) is 0 Å². The molecule has 0 saturated heterocycles. The molecule has 0 N–H and O–H groups in total. The molecule has 168 valence electrons. The van der Waals surface area contributed by atoms with Crippen LogP contribution in [-0.4, -0.2) is 80.4 Å². The molecule has 0 aliphatic carbocycles. The van der Waals surface area contributed by atoms with Crippen molar-refractivity contribution in [2.45, 2.75) is 58.7 Å². The molecule has 8 heteroatoms. The fraction of sp³-hybridized carbons (Fsp3) is 0.950. The summed E-state index contributed by atoms with van der Waals surface area (Å²) in [6, 6.07) is 0. The molecule has 7 nitrogen and oxygen atoms in total. The van der Waals surface area contributed by atoms with E-state index in [1.807, 2.05) is 6.92 Å². The van der Waals surface area contributed by atoms with Gasteiger partial charge in [0.05, 0.1) is 59.5 Å². The molecule has 0 amide bonds. The summed E-state index contributed by atoms with van der Waals surface area (Å²) in [6.07, 6.45) is 1.26. The number of hydrogen-bond donors (Lipinski definition) is 0. The van der Waals surface area contributed by atoms with Crippen LogP contribution >= 0.6 is 0 Å². The fourth-order valence-corrected chi connectivity index (χ4v) is 2.85. The molecule has 0 fully saturated rings. The van der Waals surface area contributed by atoms with E-state index in [0.29, 0.717) is 72.5 Å². The zero-order valence-corrected chi connectivity index (χ0v) is 19.8. The van der Waals surface area contributed by atoms with Gasteiger partial charge in [-0.05, 0) is 24.6 Å². The number of esters is 1. The van der Waals surface area contributed by atoms with Gasteiger partial charge in [0.15, 0.2) is 8.32 Å². The van der Waals surface area contributed by atoms with Crippen molar-refractivity contribution in [3.05, 3.63) is 0 Å². The van der Waals surface area contributed by atoms with E-state index in [1.54, 1.807) is 0 Å². The minimum atomic E-state index is -1.68. The lowest BCUT2D eigenvalue weighted by atomic mass is 10.2. The van der Waals surface area contributed by atoms with E-state index < -0.39 is 8.32 Å². The van der Waals surface area contributed by atoms with Gasteiger partial charge in [0.1, 0.15) is 6.61 Å². The zero-order chi connectivity index (χ0) is 21.3. The summed E-state index contributed by atoms with van der Waals surface area (Å²) in [4.78, 5) is 11.1. The van der Waals surface area contributed by atoms with Gasteiger partial charge in [0.2, 0.25) is 0 Å². The van der Waals surface area contributed by atoms with Crippen LogP contribution in [0, 0.1) is 0 Å². The van der Waals surface area contributed by atoms with Crippen LogP contribution in [0.3, 0.4) is 0 Å². The lowest BCUT2D eigenvalue weighted by molar-refractivity contribution is -0.145. The second kappa shape index (κ2) is 16.3. The first-order chi connectivity index (χ1) is 13.2. The van der Waals surface area contributed by atoms with E-state index in [0.717, 1.165) is 6.42 Å². The lowest BCUT2D eigenvalue weighted by Crippen LogP contribution is -2.41. The second-order valence-electron chi connectivity index (χ2n) is 8.03. The minimum Gasteiger partial charge on any atom is -0.463 e. The molecule has 0 aromatic carbocycles. The van der Waals surface area contributed by atoms with Crippen LogP contribution in [0.2, 0.25) is 18.1 Å². The summed E-state index contributed by atoms with van der Waals surface area (Å²) in [7, 11) is -1.68. The minimum absolute atomic E-state index is 0.174. The van der Waals surface area contributed by atoms with Crippen LogP contribution in [0.4, 0.5) is 0 Å². The molecular weight excluding hydrogens is 380 g/mol. The Kier molecular flexibility index (Phi) is 16.0. The Balaban J connectivity index is 3.25. The molecule has 0 rings (SSSR count). The van der Waals surface area contributed by atoms with E-state index in [1.165, 1.54) is 0 Å². The molecule has 0 aliphatic heterocycles. The van der Waals surface area contributed by atoms with Gasteiger partial charge in [-0.25, -0.2) is 0 Å². The number of ether oxygens (including phenoxy) is 5. The summed E-state index contributed by atoms with van der Waals surface area (Å²) < 4.78 is 32.7. The van der Waals surface area contributed by atoms with Crippen molar-refractivity contribution in [1.82, 2.24) is 0 Å². The van der Waals surface area contributed by atoms with Crippen LogP contribution in [0.1, 0.15) is 40.5 Å². The second-order valence-corrected chi connectivity index (χ2v) is 12.8. The molecule has 0 unspecified atom stereocenters. The van der Waals surface area contributed by atoms with Crippen molar-refractivity contribution >= 4 is 14.3 Å². The van der Waals surface area contributed by atoms with Crippen molar-refractivity contribution in [3.63, 3.8) is 0 Å². The maximum absolute atomic E-state index is 11.1. The maximum atomic E-state index is 11.1. The van der Waals surface area contributed by atoms with Crippen molar-refractivity contribution in [2.75, 3.05) is 66.1 Å². The third-order valence-electron chi connectivity index (χ3n) is 4.56. The molecule has 0 spiro atoms. The molecular formula is C20H42O7Si. The largest absolute Gasteiger partial charge is 0.463 e. The standard InChI is InChI=1S/C20H42O7Si/c1-7-8-19(21)26-17-15-24-13-11-22-9-10-23-12-14-25-16-18-27-28(5,6)20(2,3)4/h7-18H2,1-6H3. The van der Waals surface area contributed by atoms with Gasteiger partial charge in [0.25, 0.3) is 0 Å². The summed E-state index contributed by atoms with van der Waals surface area (Å²) in [6.45, 7) is 18.1. The van der Waals surface area contributed by atoms with Crippen LogP contribution in [0.5, 0.6) is 0 Å². The molecule has 0 aromatic rings. The Labute approximate surface area is 172 Å². The van der Waals surface area contributed by atoms with Gasteiger partial charge in [-0.1, -0.05) is 27.7 Å². The number of hydrogen-bond acceptors (Lipinski definition) is 7. The van der Waals surface area contributed by atoms with Gasteiger partial charge >= 0.3 is 5.97 Å². The Morgan fingerprint density at radius 1 is 0.714 bits per heavy atom. The topological polar surface area (TPSA) is 72.5 Å². The Bertz CT molecular complexity index is 383. The molecule has 0 saturated carbocycles. The molecule has 0 bridgehead atoms. The Morgan fingerprint density at radius 3 is 1.50 bits per heavy atom. The smallest absolute Gasteiger partial charge is 0.305 e. The molecule has 0 heterocycles. The summed E-state index contributed by atoms with van der Waals surface area (Å²) >= 11 is 0. The average molecular weight is 423 g/mol. The highest BCUT2D eigenvalue weighted by molar-refractivity contribution is 6.74. The van der Waals surface area contributed by atoms with E-state index in [2.05, 4.69) is 33.9 Å². The zero-order valence-electron chi connectivity index (χ0n) is 18.8. The van der Waals surface area contributed by atoms with Gasteiger partial charge in [-0.3, -0.25) is 4.79 Å². The SMILES string of the molecule is CCCC(=O)OCCOCCOCCOCCOCCO[Si](C)(C)C(C)(C)C. The molecule has 0 radical (unpaired) electrons. The monoisotopic (exact) mass is 422 g/mol. The Morgan fingerprint density at radius 2 is 1.11 bits per heavy atom. The average Bonchev–Trinajstić information content (AvgIpc) is 2.60. The predicted octanol–water partition coefficient (Wildman–Crippen LogP) is 3.42. The van der Waals surface area contributed by atoms with Crippen molar-refractivity contribution < 1.29 is 32.9 Å². The third-order valence-corrected chi connectivity index (χ3v) is 9.10. The van der Waals surface area contributed by atoms with Crippen molar-refractivity contribution in [3.8, 4) is 0 Å². The first kappa shape index (κ1) is 27.5. The van der Waals surface area contributed by atoms with Crippen molar-refractivity contribution in [1.29, 1.82) is 0 Å². The van der Waals surface area contributed by atoms with Gasteiger partial charge in [0, 0.05) is 6.42 Å². The lowest BCUT2D eigenvalue weighted by Gasteiger charge is -2.36. The quantitative estimate of drug-likeness (QED) is 0.190. The first-order valence-corrected chi connectivity index (χ1v) is 13.2. The highest BCUT2D eigenvalue weighted by Crippen LogP contribution is 2.36. The van der Waals surface area contributed by atoms with Gasteiger partial charge in [-0.15, -0.1) is 0 Å². The number of carbonyl (C=O) groups is 1. The van der Waals surface area contributed by atoms with Crippen LogP contribution < -0.4 is 0 Å². The molecule has 0 aromatic heterocycles. The summed E-state index contributed by atoms with van der Waals surface area (Å²) in [5.41, 5.74) is 0. The van der Waals surface area contributed by atoms with Crippen molar-refractivity contribution in [2.24, 2.45) is 0 Å². The van der Waals surface area contributed by atoms with E-state index in [9.17, 15) is 4.79 Å². The normalized spacial score (nSPS) is 12.4. The maximum Gasteiger partial charge on any atom is 0.305 e. The highest BCUT2D eigenvalue weighted by atomic mass is 28.4.